The number of benzene rings is 1. The molecule has 1 aromatic carbocycles. The Morgan fingerprint density at radius 3 is 2.07 bits per heavy atom. The van der Waals surface area contributed by atoms with Crippen molar-refractivity contribution in [2.75, 3.05) is 26.2 Å². The Labute approximate surface area is 89.9 Å². The number of carbonyl (C=O) groups excluding carboxylic acids is 1. The fraction of sp³-hybridized carbons (Fsp3) is 0.273. The van der Waals surface area contributed by atoms with Gasteiger partial charge in [0.2, 0.25) is 0 Å². The van der Waals surface area contributed by atoms with E-state index < -0.39 is 6.09 Å². The summed E-state index contributed by atoms with van der Waals surface area (Å²) in [7, 11) is 5.27. The molecule has 15 heavy (non-hydrogen) atoms. The Hall–Kier alpha value is -1.55. The van der Waals surface area contributed by atoms with Crippen molar-refractivity contribution in [3.05, 3.63) is 36.8 Å². The average Bonchev–Trinajstić information content (AvgIpc) is 2.05. The Balaban J connectivity index is 3.11. The first kappa shape index (κ1) is 11.5. The summed E-state index contributed by atoms with van der Waals surface area (Å²) in [6, 6.07) is 6.95. The summed E-state index contributed by atoms with van der Waals surface area (Å²) in [4.78, 5) is 11.0. The molecule has 1 rings (SSSR count). The molecule has 4 nitrogen and oxygen atoms in total. The van der Waals surface area contributed by atoms with Crippen LogP contribution in [-0.4, -0.2) is 31.8 Å². The van der Waals surface area contributed by atoms with E-state index in [0.717, 1.165) is 5.56 Å². The minimum atomic E-state index is -1.22. The molecule has 0 bridgehead atoms. The molecule has 0 saturated carbocycles. The first-order valence-electron chi connectivity index (χ1n) is 4.57. The standard InChI is InChI=1S/C11H15N2O2/c1-9-5-7-10(8-6-9)12(11(14)15)13(2,3)4/h5-8H,1H2,2-4H3. The molecular formula is C11H15N2O2. The maximum atomic E-state index is 11.0. The monoisotopic (exact) mass is 207 g/mol. The maximum Gasteiger partial charge on any atom is 0.195 e. The van der Waals surface area contributed by atoms with Crippen LogP contribution in [0.5, 0.6) is 0 Å². The predicted molar refractivity (Wildman–Crippen MR) is 56.8 cm³/mol. The molecule has 0 aromatic heterocycles. The van der Waals surface area contributed by atoms with Crippen LogP contribution in [0.4, 0.5) is 10.5 Å². The molecule has 81 valence electrons. The Morgan fingerprint density at radius 2 is 1.73 bits per heavy atom. The van der Waals surface area contributed by atoms with Crippen LogP contribution < -0.4 is 10.1 Å². The number of quaternary nitrogens is 1. The fourth-order valence-corrected chi connectivity index (χ4v) is 1.33. The number of carbonyl (C=O) groups is 1. The van der Waals surface area contributed by atoms with Crippen LogP contribution in [0.2, 0.25) is 0 Å². The summed E-state index contributed by atoms with van der Waals surface area (Å²) in [5, 5.41) is 12.2. The molecule has 4 heteroatoms. The highest BCUT2D eigenvalue weighted by Crippen LogP contribution is 2.18. The van der Waals surface area contributed by atoms with E-state index in [2.05, 4.69) is 6.92 Å². The van der Waals surface area contributed by atoms with Gasteiger partial charge in [-0.15, -0.1) is 0 Å². The molecule has 0 fully saturated rings. The lowest BCUT2D eigenvalue weighted by Crippen LogP contribution is -2.59. The van der Waals surface area contributed by atoms with E-state index in [4.69, 9.17) is 0 Å². The molecular weight excluding hydrogens is 192 g/mol. The van der Waals surface area contributed by atoms with Crippen molar-refractivity contribution in [3.8, 4) is 0 Å². The van der Waals surface area contributed by atoms with E-state index in [1.807, 2.05) is 0 Å². The zero-order chi connectivity index (χ0) is 11.6. The van der Waals surface area contributed by atoms with Gasteiger partial charge in [0, 0.05) is 0 Å². The zero-order valence-corrected chi connectivity index (χ0v) is 9.23. The minimum Gasteiger partial charge on any atom is -0.526 e. The number of rotatable bonds is 2. The quantitative estimate of drug-likeness (QED) is 0.527. The zero-order valence-electron chi connectivity index (χ0n) is 9.23. The summed E-state index contributed by atoms with van der Waals surface area (Å²) in [6.07, 6.45) is -1.22. The van der Waals surface area contributed by atoms with Crippen LogP contribution in [0, 0.1) is 6.92 Å². The molecule has 0 unspecified atom stereocenters. The van der Waals surface area contributed by atoms with Gasteiger partial charge in [0.15, 0.2) is 6.09 Å². The lowest BCUT2D eigenvalue weighted by Gasteiger charge is -2.37. The van der Waals surface area contributed by atoms with E-state index in [9.17, 15) is 9.90 Å². The molecule has 0 atom stereocenters. The molecule has 0 aliphatic heterocycles. The van der Waals surface area contributed by atoms with Crippen LogP contribution >= 0.6 is 0 Å². The maximum absolute atomic E-state index is 11.0. The van der Waals surface area contributed by atoms with Crippen molar-refractivity contribution in [2.24, 2.45) is 0 Å². The van der Waals surface area contributed by atoms with Gasteiger partial charge in [-0.2, -0.15) is 5.01 Å². The third-order valence-electron chi connectivity index (χ3n) is 1.95. The van der Waals surface area contributed by atoms with E-state index in [1.165, 1.54) is 5.01 Å². The van der Waals surface area contributed by atoms with Crippen LogP contribution in [0.1, 0.15) is 5.56 Å². The van der Waals surface area contributed by atoms with E-state index in [1.54, 1.807) is 45.4 Å². The molecule has 0 aliphatic carbocycles. The van der Waals surface area contributed by atoms with Crippen molar-refractivity contribution >= 4 is 11.8 Å². The first-order chi connectivity index (χ1) is 6.82. The Bertz CT molecular complexity index is 352. The smallest absolute Gasteiger partial charge is 0.195 e. The molecule has 0 N–H and O–H groups in total. The van der Waals surface area contributed by atoms with Gasteiger partial charge >= 0.3 is 0 Å². The van der Waals surface area contributed by atoms with Crippen LogP contribution in [0.3, 0.4) is 0 Å². The van der Waals surface area contributed by atoms with Crippen molar-refractivity contribution < 1.29 is 14.5 Å². The summed E-state index contributed by atoms with van der Waals surface area (Å²) in [5.74, 6) is 0. The molecule has 0 aliphatic rings. The minimum absolute atomic E-state index is 0.138. The third kappa shape index (κ3) is 2.70. The van der Waals surface area contributed by atoms with E-state index >= 15 is 0 Å². The molecule has 0 saturated heterocycles. The fourth-order valence-electron chi connectivity index (χ4n) is 1.33. The average molecular weight is 207 g/mol. The highest BCUT2D eigenvalue weighted by atomic mass is 16.4. The molecule has 0 spiro atoms. The van der Waals surface area contributed by atoms with Crippen LogP contribution in [0.25, 0.3) is 0 Å². The normalized spacial score (nSPS) is 11.2. The van der Waals surface area contributed by atoms with Crippen molar-refractivity contribution in [1.29, 1.82) is 0 Å². The summed E-state index contributed by atoms with van der Waals surface area (Å²) < 4.78 is 0.138. The lowest BCUT2D eigenvalue weighted by atomic mass is 10.2. The second-order valence-electron chi connectivity index (χ2n) is 4.19. The summed E-state index contributed by atoms with van der Waals surface area (Å²) >= 11 is 0. The Morgan fingerprint density at radius 1 is 1.27 bits per heavy atom. The third-order valence-corrected chi connectivity index (χ3v) is 1.95. The molecule has 1 aromatic rings. The van der Waals surface area contributed by atoms with Gasteiger partial charge < -0.3 is 9.90 Å². The van der Waals surface area contributed by atoms with Gasteiger partial charge in [-0.3, -0.25) is 0 Å². The number of anilines is 1. The summed E-state index contributed by atoms with van der Waals surface area (Å²) in [5.41, 5.74) is 1.42. The van der Waals surface area contributed by atoms with Crippen molar-refractivity contribution in [3.63, 3.8) is 0 Å². The highest BCUT2D eigenvalue weighted by molar-refractivity contribution is 5.81. The number of nitrogens with zero attached hydrogens (tertiary/aromatic N) is 2. The number of hydrogen-bond donors (Lipinski definition) is 0. The van der Waals surface area contributed by atoms with Crippen LogP contribution in [0.15, 0.2) is 24.3 Å². The molecule has 0 heterocycles. The summed E-state index contributed by atoms with van der Waals surface area (Å²) in [6.45, 7) is 3.74. The van der Waals surface area contributed by atoms with Crippen LogP contribution in [-0.2, 0) is 0 Å². The topological polar surface area (TPSA) is 43.4 Å². The largest absolute Gasteiger partial charge is 0.526 e. The number of amides is 1. The first-order valence-corrected chi connectivity index (χ1v) is 4.57. The second kappa shape index (κ2) is 3.90. The van der Waals surface area contributed by atoms with E-state index in [-0.39, 0.29) is 4.59 Å². The Kier molecular flexibility index (Phi) is 3.00. The SMILES string of the molecule is [CH2]c1ccc(N(C(=O)[O-])[N+](C)(C)C)cc1. The van der Waals surface area contributed by atoms with Gasteiger partial charge in [0.05, 0.1) is 26.8 Å². The predicted octanol–water partition coefficient (Wildman–Crippen LogP) is 0.640. The molecule has 1 radical (unpaired) electrons. The van der Waals surface area contributed by atoms with Gasteiger partial charge in [-0.05, 0) is 24.6 Å². The van der Waals surface area contributed by atoms with E-state index in [0.29, 0.717) is 5.69 Å². The number of carboxylic acid groups (broad SMARTS) is 1. The molecule has 1 amide bonds. The van der Waals surface area contributed by atoms with Gasteiger partial charge in [-0.1, -0.05) is 12.1 Å². The highest BCUT2D eigenvalue weighted by Gasteiger charge is 2.22. The van der Waals surface area contributed by atoms with Crippen molar-refractivity contribution in [1.82, 2.24) is 0 Å². The van der Waals surface area contributed by atoms with Crippen molar-refractivity contribution in [2.45, 2.75) is 0 Å². The van der Waals surface area contributed by atoms with Gasteiger partial charge in [-0.25, -0.2) is 4.59 Å². The van der Waals surface area contributed by atoms with Gasteiger partial charge in [0.1, 0.15) is 0 Å². The second-order valence-corrected chi connectivity index (χ2v) is 4.19. The lowest BCUT2D eigenvalue weighted by molar-refractivity contribution is -0.874. The number of hydrogen-bond acceptors (Lipinski definition) is 2. The van der Waals surface area contributed by atoms with Gasteiger partial charge in [0.25, 0.3) is 0 Å².